The molecule has 0 bridgehead atoms. The molecule has 0 spiro atoms. The normalized spacial score (nSPS) is 19.3. The van der Waals surface area contributed by atoms with Crippen LogP contribution >= 0.6 is 15.9 Å². The molecule has 19 heavy (non-hydrogen) atoms. The molecule has 1 amide bonds. The molecule has 5 heteroatoms. The lowest BCUT2D eigenvalue weighted by Gasteiger charge is -2.20. The van der Waals surface area contributed by atoms with E-state index in [2.05, 4.69) is 28.2 Å². The molecule has 0 aromatic heterocycles. The topological polar surface area (TPSA) is 32.3 Å². The van der Waals surface area contributed by atoms with E-state index in [4.69, 9.17) is 0 Å². The fraction of sp³-hybridized carbons (Fsp3) is 0.500. The fourth-order valence-electron chi connectivity index (χ4n) is 2.35. The Kier molecular flexibility index (Phi) is 4.58. The zero-order chi connectivity index (χ0) is 14.0. The van der Waals surface area contributed by atoms with E-state index < -0.39 is 0 Å². The van der Waals surface area contributed by atoms with Crippen molar-refractivity contribution in [1.29, 1.82) is 0 Å². The number of rotatable bonds is 4. The number of aryl methyl sites for hydroxylation is 1. The van der Waals surface area contributed by atoms with Crippen molar-refractivity contribution in [3.05, 3.63) is 28.0 Å². The fourth-order valence-corrected chi connectivity index (χ4v) is 2.81. The molecule has 0 radical (unpaired) electrons. The molecule has 1 aliphatic rings. The Hall–Kier alpha value is -0.940. The van der Waals surface area contributed by atoms with Crippen LogP contribution < -0.4 is 10.2 Å². The minimum atomic E-state index is -0.335. The van der Waals surface area contributed by atoms with Gasteiger partial charge in [-0.25, -0.2) is 4.39 Å². The average molecular weight is 329 g/mol. The first-order valence-electron chi connectivity index (χ1n) is 6.55. The molecular formula is C14H18BrFN2O. The Morgan fingerprint density at radius 3 is 2.95 bits per heavy atom. The van der Waals surface area contributed by atoms with E-state index in [1.165, 1.54) is 6.07 Å². The van der Waals surface area contributed by atoms with Gasteiger partial charge in [0.25, 0.3) is 0 Å². The van der Waals surface area contributed by atoms with Crippen LogP contribution in [0.3, 0.4) is 0 Å². The maximum absolute atomic E-state index is 13.6. The Labute approximate surface area is 121 Å². The number of carbonyl (C=O) groups excluding carboxylic acids is 1. The van der Waals surface area contributed by atoms with Crippen LogP contribution in [0.2, 0.25) is 0 Å². The molecule has 1 aliphatic heterocycles. The van der Waals surface area contributed by atoms with Crippen LogP contribution in [0.5, 0.6) is 0 Å². The maximum atomic E-state index is 13.6. The van der Waals surface area contributed by atoms with Gasteiger partial charge in [0, 0.05) is 12.2 Å². The monoisotopic (exact) mass is 328 g/mol. The minimum Gasteiger partial charge on any atom is -0.311 e. The van der Waals surface area contributed by atoms with E-state index in [0.29, 0.717) is 16.7 Å². The van der Waals surface area contributed by atoms with Gasteiger partial charge in [-0.3, -0.25) is 4.79 Å². The van der Waals surface area contributed by atoms with Crippen LogP contribution in [0.15, 0.2) is 16.6 Å². The summed E-state index contributed by atoms with van der Waals surface area (Å²) in [5.41, 5.74) is 1.57. The number of halogens is 2. The molecule has 1 heterocycles. The zero-order valence-corrected chi connectivity index (χ0v) is 12.8. The summed E-state index contributed by atoms with van der Waals surface area (Å²) in [6, 6.07) is 3.01. The highest BCUT2D eigenvalue weighted by Crippen LogP contribution is 2.29. The summed E-state index contributed by atoms with van der Waals surface area (Å²) < 4.78 is 14.1. The predicted molar refractivity (Wildman–Crippen MR) is 77.9 cm³/mol. The van der Waals surface area contributed by atoms with Crippen LogP contribution in [-0.2, 0) is 4.79 Å². The summed E-state index contributed by atoms with van der Waals surface area (Å²) in [6.07, 6.45) is 1.77. The van der Waals surface area contributed by atoms with Crippen LogP contribution in [0.4, 0.5) is 10.1 Å². The number of amides is 1. The van der Waals surface area contributed by atoms with Crippen molar-refractivity contribution in [1.82, 2.24) is 5.32 Å². The van der Waals surface area contributed by atoms with Gasteiger partial charge in [-0.15, -0.1) is 0 Å². The Bertz CT molecular complexity index is 493. The summed E-state index contributed by atoms with van der Waals surface area (Å²) >= 11 is 3.16. The van der Waals surface area contributed by atoms with Gasteiger partial charge in [-0.1, -0.05) is 6.92 Å². The standard InChI is InChI=1S/C14H18BrFN2O/c1-3-5-17-12-4-6-18(14(12)19)13-8-11(16)10(15)7-9(13)2/h7-8,12,17H,3-6H2,1-2H3. The van der Waals surface area contributed by atoms with Crippen molar-refractivity contribution in [3.8, 4) is 0 Å². The van der Waals surface area contributed by atoms with E-state index in [0.717, 1.165) is 24.9 Å². The van der Waals surface area contributed by atoms with Crippen LogP contribution in [-0.4, -0.2) is 25.0 Å². The largest absolute Gasteiger partial charge is 0.311 e. The first-order chi connectivity index (χ1) is 9.04. The summed E-state index contributed by atoms with van der Waals surface area (Å²) in [7, 11) is 0. The lowest BCUT2D eigenvalue weighted by Crippen LogP contribution is -2.38. The second kappa shape index (κ2) is 6.01. The van der Waals surface area contributed by atoms with Gasteiger partial charge in [0.05, 0.1) is 10.5 Å². The first kappa shape index (κ1) is 14.5. The van der Waals surface area contributed by atoms with E-state index in [1.807, 2.05) is 6.92 Å². The molecule has 0 aliphatic carbocycles. The first-order valence-corrected chi connectivity index (χ1v) is 7.34. The number of nitrogens with zero attached hydrogens (tertiary/aromatic N) is 1. The van der Waals surface area contributed by atoms with E-state index >= 15 is 0 Å². The third-order valence-corrected chi connectivity index (χ3v) is 3.98. The number of carbonyl (C=O) groups is 1. The zero-order valence-electron chi connectivity index (χ0n) is 11.2. The molecule has 1 atom stereocenters. The molecule has 104 valence electrons. The van der Waals surface area contributed by atoms with E-state index in [9.17, 15) is 9.18 Å². The highest BCUT2D eigenvalue weighted by Gasteiger charge is 2.32. The minimum absolute atomic E-state index is 0.0401. The number of benzene rings is 1. The van der Waals surface area contributed by atoms with Crippen molar-refractivity contribution in [3.63, 3.8) is 0 Å². The molecule has 1 N–H and O–H groups in total. The molecule has 0 saturated carbocycles. The molecule has 1 aromatic carbocycles. The van der Waals surface area contributed by atoms with Crippen LogP contribution in [0.1, 0.15) is 25.3 Å². The Balaban J connectivity index is 2.20. The Morgan fingerprint density at radius 1 is 1.53 bits per heavy atom. The Morgan fingerprint density at radius 2 is 2.26 bits per heavy atom. The third-order valence-electron chi connectivity index (χ3n) is 3.38. The van der Waals surface area contributed by atoms with Gasteiger partial charge in [0.1, 0.15) is 5.82 Å². The van der Waals surface area contributed by atoms with E-state index in [-0.39, 0.29) is 17.8 Å². The van der Waals surface area contributed by atoms with Crippen molar-refractivity contribution >= 4 is 27.5 Å². The van der Waals surface area contributed by atoms with Gasteiger partial charge in [-0.05, 0) is 59.9 Å². The summed E-state index contributed by atoms with van der Waals surface area (Å²) in [5, 5.41) is 3.23. The number of anilines is 1. The lowest BCUT2D eigenvalue weighted by molar-refractivity contribution is -0.118. The lowest BCUT2D eigenvalue weighted by atomic mass is 10.2. The number of hydrogen-bond acceptors (Lipinski definition) is 2. The third kappa shape index (κ3) is 2.98. The number of hydrogen-bond donors (Lipinski definition) is 1. The SMILES string of the molecule is CCCNC1CCN(c2cc(F)c(Br)cc2C)C1=O. The van der Waals surface area contributed by atoms with Crippen molar-refractivity contribution in [2.24, 2.45) is 0 Å². The highest BCUT2D eigenvalue weighted by atomic mass is 79.9. The molecule has 2 rings (SSSR count). The summed E-state index contributed by atoms with van der Waals surface area (Å²) in [5.74, 6) is -0.295. The van der Waals surface area contributed by atoms with Crippen LogP contribution in [0, 0.1) is 12.7 Å². The van der Waals surface area contributed by atoms with Gasteiger partial charge in [0.15, 0.2) is 0 Å². The maximum Gasteiger partial charge on any atom is 0.244 e. The van der Waals surface area contributed by atoms with Crippen molar-refractivity contribution in [2.45, 2.75) is 32.7 Å². The highest BCUT2D eigenvalue weighted by molar-refractivity contribution is 9.10. The summed E-state index contributed by atoms with van der Waals surface area (Å²) in [6.45, 7) is 5.43. The molecular weight excluding hydrogens is 311 g/mol. The van der Waals surface area contributed by atoms with E-state index in [1.54, 1.807) is 11.0 Å². The van der Waals surface area contributed by atoms with Gasteiger partial charge >= 0.3 is 0 Å². The second-order valence-corrected chi connectivity index (χ2v) is 5.69. The van der Waals surface area contributed by atoms with Gasteiger partial charge < -0.3 is 10.2 Å². The van der Waals surface area contributed by atoms with Crippen molar-refractivity contribution in [2.75, 3.05) is 18.0 Å². The van der Waals surface area contributed by atoms with Gasteiger partial charge in [-0.2, -0.15) is 0 Å². The molecule has 1 fully saturated rings. The summed E-state index contributed by atoms with van der Waals surface area (Å²) in [4.78, 5) is 14.0. The second-order valence-electron chi connectivity index (χ2n) is 4.84. The molecule has 3 nitrogen and oxygen atoms in total. The quantitative estimate of drug-likeness (QED) is 0.921. The average Bonchev–Trinajstić information content (AvgIpc) is 2.73. The van der Waals surface area contributed by atoms with Crippen molar-refractivity contribution < 1.29 is 9.18 Å². The van der Waals surface area contributed by atoms with Gasteiger partial charge in [0.2, 0.25) is 5.91 Å². The predicted octanol–water partition coefficient (Wildman–Crippen LogP) is 3.00. The molecule has 1 unspecified atom stereocenters. The number of nitrogens with one attached hydrogen (secondary N) is 1. The molecule has 1 saturated heterocycles. The smallest absolute Gasteiger partial charge is 0.244 e. The molecule has 1 aromatic rings. The van der Waals surface area contributed by atoms with Crippen LogP contribution in [0.25, 0.3) is 0 Å².